The molecule has 4 heteroatoms. The highest BCUT2D eigenvalue weighted by Crippen LogP contribution is 2.31. The van der Waals surface area contributed by atoms with Crippen molar-refractivity contribution in [3.63, 3.8) is 0 Å². The number of anilines is 1. The standard InChI is InChI=1S/C16H17NO2S/c1-13-6-2-3-8-15(13)12-20(18,19)17-11-10-14-7-4-5-9-16(14)17/h2-9H,10-12H2,1H3. The Hall–Kier alpha value is -1.81. The molecule has 0 amide bonds. The summed E-state index contributed by atoms with van der Waals surface area (Å²) in [5.41, 5.74) is 3.84. The molecule has 0 aromatic heterocycles. The average Bonchev–Trinajstić information content (AvgIpc) is 2.86. The number of benzene rings is 2. The molecule has 2 aromatic rings. The normalized spacial score (nSPS) is 14.3. The maximum Gasteiger partial charge on any atom is 0.239 e. The van der Waals surface area contributed by atoms with Gasteiger partial charge in [-0.2, -0.15) is 0 Å². The molecule has 1 heterocycles. The lowest BCUT2D eigenvalue weighted by atomic mass is 10.1. The summed E-state index contributed by atoms with van der Waals surface area (Å²) in [4.78, 5) is 0. The molecule has 3 nitrogen and oxygen atoms in total. The van der Waals surface area contributed by atoms with Crippen LogP contribution in [0.25, 0.3) is 0 Å². The number of para-hydroxylation sites is 1. The molecule has 0 fully saturated rings. The Balaban J connectivity index is 1.93. The Morgan fingerprint density at radius 1 is 1.05 bits per heavy atom. The summed E-state index contributed by atoms with van der Waals surface area (Å²) in [6, 6.07) is 15.4. The van der Waals surface area contributed by atoms with E-state index in [0.29, 0.717) is 6.54 Å². The lowest BCUT2D eigenvalue weighted by Gasteiger charge is -2.20. The van der Waals surface area contributed by atoms with E-state index >= 15 is 0 Å². The third kappa shape index (κ3) is 2.31. The van der Waals surface area contributed by atoms with E-state index in [1.54, 1.807) is 4.31 Å². The Morgan fingerprint density at radius 3 is 2.55 bits per heavy atom. The van der Waals surface area contributed by atoms with Crippen molar-refractivity contribution in [1.29, 1.82) is 0 Å². The fourth-order valence-electron chi connectivity index (χ4n) is 2.64. The minimum atomic E-state index is -3.32. The van der Waals surface area contributed by atoms with Crippen molar-refractivity contribution >= 4 is 15.7 Å². The first-order chi connectivity index (χ1) is 9.58. The fourth-order valence-corrected chi connectivity index (χ4v) is 4.36. The molecular weight excluding hydrogens is 270 g/mol. The summed E-state index contributed by atoms with van der Waals surface area (Å²) in [5, 5.41) is 0. The van der Waals surface area contributed by atoms with Gasteiger partial charge in [0.25, 0.3) is 0 Å². The predicted octanol–water partition coefficient (Wildman–Crippen LogP) is 2.89. The maximum absolute atomic E-state index is 12.6. The molecule has 0 aliphatic carbocycles. The molecule has 20 heavy (non-hydrogen) atoms. The molecule has 1 aliphatic heterocycles. The van der Waals surface area contributed by atoms with Crippen LogP contribution in [-0.4, -0.2) is 15.0 Å². The van der Waals surface area contributed by atoms with Gasteiger partial charge in [-0.15, -0.1) is 0 Å². The summed E-state index contributed by atoms with van der Waals surface area (Å²) >= 11 is 0. The zero-order valence-electron chi connectivity index (χ0n) is 11.4. The molecule has 0 unspecified atom stereocenters. The van der Waals surface area contributed by atoms with E-state index in [1.807, 2.05) is 55.5 Å². The highest BCUT2D eigenvalue weighted by molar-refractivity contribution is 7.92. The monoisotopic (exact) mass is 287 g/mol. The molecule has 2 aromatic carbocycles. The molecule has 1 aliphatic rings. The highest BCUT2D eigenvalue weighted by atomic mass is 32.2. The van der Waals surface area contributed by atoms with Gasteiger partial charge in [-0.3, -0.25) is 4.31 Å². The van der Waals surface area contributed by atoms with E-state index in [0.717, 1.165) is 28.8 Å². The SMILES string of the molecule is Cc1ccccc1CS(=O)(=O)N1CCc2ccccc21. The Kier molecular flexibility index (Phi) is 3.26. The Bertz CT molecular complexity index is 738. The van der Waals surface area contributed by atoms with Crippen LogP contribution in [-0.2, 0) is 22.2 Å². The van der Waals surface area contributed by atoms with Gasteiger partial charge in [0.1, 0.15) is 0 Å². The van der Waals surface area contributed by atoms with Crippen LogP contribution in [0, 0.1) is 6.92 Å². The second-order valence-electron chi connectivity index (χ2n) is 5.13. The number of hydrogen-bond acceptors (Lipinski definition) is 2. The van der Waals surface area contributed by atoms with Crippen LogP contribution in [0.2, 0.25) is 0 Å². The minimum Gasteiger partial charge on any atom is -0.269 e. The zero-order chi connectivity index (χ0) is 14.2. The summed E-state index contributed by atoms with van der Waals surface area (Å²) in [5.74, 6) is 0.0635. The van der Waals surface area contributed by atoms with Gasteiger partial charge in [0.2, 0.25) is 10.0 Å². The topological polar surface area (TPSA) is 37.4 Å². The number of fused-ring (bicyclic) bond motifs is 1. The molecule has 0 N–H and O–H groups in total. The largest absolute Gasteiger partial charge is 0.269 e. The lowest BCUT2D eigenvalue weighted by molar-refractivity contribution is 0.591. The molecule has 104 valence electrons. The van der Waals surface area contributed by atoms with Crippen LogP contribution in [0.4, 0.5) is 5.69 Å². The van der Waals surface area contributed by atoms with Crippen molar-refractivity contribution in [2.45, 2.75) is 19.1 Å². The van der Waals surface area contributed by atoms with Crippen molar-refractivity contribution in [3.05, 3.63) is 65.2 Å². The van der Waals surface area contributed by atoms with Gasteiger partial charge >= 0.3 is 0 Å². The number of sulfonamides is 1. The molecule has 0 atom stereocenters. The van der Waals surface area contributed by atoms with E-state index in [4.69, 9.17) is 0 Å². The van der Waals surface area contributed by atoms with Crippen LogP contribution in [0.1, 0.15) is 16.7 Å². The first-order valence-corrected chi connectivity index (χ1v) is 8.32. The molecule has 0 saturated carbocycles. The van der Waals surface area contributed by atoms with Gasteiger partial charge in [0, 0.05) is 6.54 Å². The van der Waals surface area contributed by atoms with Crippen molar-refractivity contribution in [2.75, 3.05) is 10.8 Å². The minimum absolute atomic E-state index is 0.0635. The van der Waals surface area contributed by atoms with E-state index in [1.165, 1.54) is 0 Å². The van der Waals surface area contributed by atoms with Gasteiger partial charge in [-0.25, -0.2) is 8.42 Å². The first-order valence-electron chi connectivity index (χ1n) is 6.71. The van der Waals surface area contributed by atoms with Gasteiger partial charge < -0.3 is 0 Å². The Morgan fingerprint density at radius 2 is 1.75 bits per heavy atom. The first kappa shape index (κ1) is 13.2. The molecule has 0 saturated heterocycles. The van der Waals surface area contributed by atoms with E-state index in [9.17, 15) is 8.42 Å². The third-order valence-corrected chi connectivity index (χ3v) is 5.51. The zero-order valence-corrected chi connectivity index (χ0v) is 12.2. The Labute approximate surface area is 119 Å². The van der Waals surface area contributed by atoms with Crippen molar-refractivity contribution in [2.24, 2.45) is 0 Å². The number of aryl methyl sites for hydroxylation is 1. The molecule has 0 bridgehead atoms. The van der Waals surface area contributed by atoms with Gasteiger partial charge in [-0.05, 0) is 36.1 Å². The number of hydrogen-bond donors (Lipinski definition) is 0. The number of nitrogens with zero attached hydrogens (tertiary/aromatic N) is 1. The van der Waals surface area contributed by atoms with Gasteiger partial charge in [0.05, 0.1) is 11.4 Å². The van der Waals surface area contributed by atoms with E-state index < -0.39 is 10.0 Å². The second kappa shape index (κ2) is 4.94. The second-order valence-corrected chi connectivity index (χ2v) is 7.03. The van der Waals surface area contributed by atoms with Crippen LogP contribution in [0.5, 0.6) is 0 Å². The van der Waals surface area contributed by atoms with Crippen LogP contribution >= 0.6 is 0 Å². The van der Waals surface area contributed by atoms with Crippen molar-refractivity contribution in [1.82, 2.24) is 0 Å². The maximum atomic E-state index is 12.6. The van der Waals surface area contributed by atoms with Crippen molar-refractivity contribution < 1.29 is 8.42 Å². The summed E-state index contributed by atoms with van der Waals surface area (Å²) < 4.78 is 26.8. The summed E-state index contributed by atoms with van der Waals surface area (Å²) in [7, 11) is -3.32. The highest BCUT2D eigenvalue weighted by Gasteiger charge is 2.29. The summed E-state index contributed by atoms with van der Waals surface area (Å²) in [6.07, 6.45) is 0.795. The molecular formula is C16H17NO2S. The van der Waals surface area contributed by atoms with Gasteiger partial charge in [0.15, 0.2) is 0 Å². The summed E-state index contributed by atoms with van der Waals surface area (Å²) in [6.45, 7) is 2.50. The van der Waals surface area contributed by atoms with Crippen LogP contribution in [0.15, 0.2) is 48.5 Å². The molecule has 0 spiro atoms. The predicted molar refractivity (Wildman–Crippen MR) is 81.3 cm³/mol. The molecule has 3 rings (SSSR count). The third-order valence-electron chi connectivity index (χ3n) is 3.78. The van der Waals surface area contributed by atoms with Crippen LogP contribution in [0.3, 0.4) is 0 Å². The van der Waals surface area contributed by atoms with E-state index in [2.05, 4.69) is 0 Å². The fraction of sp³-hybridized carbons (Fsp3) is 0.250. The number of rotatable bonds is 3. The molecule has 0 radical (unpaired) electrons. The quantitative estimate of drug-likeness (QED) is 0.870. The van der Waals surface area contributed by atoms with Crippen LogP contribution < -0.4 is 4.31 Å². The van der Waals surface area contributed by atoms with Gasteiger partial charge in [-0.1, -0.05) is 42.5 Å². The lowest BCUT2D eigenvalue weighted by Crippen LogP contribution is -2.30. The average molecular weight is 287 g/mol. The van der Waals surface area contributed by atoms with Crippen molar-refractivity contribution in [3.8, 4) is 0 Å². The van der Waals surface area contributed by atoms with E-state index in [-0.39, 0.29) is 5.75 Å². The smallest absolute Gasteiger partial charge is 0.239 e.